The molecular weight excluding hydrogens is 636 g/mol. The van der Waals surface area contributed by atoms with E-state index in [1.165, 1.54) is 105 Å². The molecule has 8 aliphatic carbocycles. The second kappa shape index (κ2) is 12.7. The first-order chi connectivity index (χ1) is 24.5. The largest absolute Gasteiger partial charge is 0.496 e. The number of methoxy groups -OCH3 is 1. The highest BCUT2D eigenvalue weighted by atomic mass is 31.1. The summed E-state index contributed by atoms with van der Waals surface area (Å²) < 4.78 is 6.79. The van der Waals surface area contributed by atoms with Gasteiger partial charge in [-0.25, -0.2) is 0 Å². The lowest BCUT2D eigenvalue weighted by Gasteiger charge is -2.67. The summed E-state index contributed by atoms with van der Waals surface area (Å²) in [6.07, 6.45) is 18.1. The van der Waals surface area contributed by atoms with Gasteiger partial charge in [0.1, 0.15) is 5.75 Å². The maximum absolute atomic E-state index is 6.79. The van der Waals surface area contributed by atoms with Crippen molar-refractivity contribution in [2.75, 3.05) is 7.11 Å². The fourth-order valence-electron chi connectivity index (χ4n) is 14.4. The van der Waals surface area contributed by atoms with Gasteiger partial charge in [0, 0.05) is 5.30 Å². The van der Waals surface area contributed by atoms with E-state index in [2.05, 4.69) is 97.0 Å². The van der Waals surface area contributed by atoms with Crippen molar-refractivity contribution in [3.05, 3.63) is 70.8 Å². The number of hydrogen-bond acceptors (Lipinski definition) is 1. The minimum absolute atomic E-state index is 0.399. The highest BCUT2D eigenvalue weighted by Gasteiger charge is 2.64. The zero-order chi connectivity index (χ0) is 35.4. The van der Waals surface area contributed by atoms with Crippen LogP contribution in [-0.2, 0) is 0 Å². The van der Waals surface area contributed by atoms with Crippen molar-refractivity contribution in [3.8, 4) is 28.0 Å². The maximum Gasteiger partial charge on any atom is 0.127 e. The average Bonchev–Trinajstić information content (AvgIpc) is 3.06. The standard InChI is InChI=1S/C49H65OP/c1-29(2)40-22-41(30(3)4)46(44(31(5)6)45(40)39-12-10-9-11-13-39)42-14-32(7)15-43(50-8)47(42)51(48-23-33-16-34(24-48)18-35(17-33)25-48)49-26-36-19-37(27-49)21-38(20-36)28-49/h9-15,22,29-31,33-38H,16-21,23-28H2,1-8H3. The first-order valence-corrected chi connectivity index (χ1v) is 22.6. The molecule has 8 aliphatic rings. The van der Waals surface area contributed by atoms with Crippen LogP contribution in [0.5, 0.6) is 5.75 Å². The van der Waals surface area contributed by atoms with Gasteiger partial charge < -0.3 is 4.74 Å². The van der Waals surface area contributed by atoms with E-state index in [-0.39, 0.29) is 0 Å². The quantitative estimate of drug-likeness (QED) is 0.202. The van der Waals surface area contributed by atoms with Crippen LogP contribution in [-0.4, -0.2) is 17.4 Å². The van der Waals surface area contributed by atoms with Crippen molar-refractivity contribution in [2.45, 2.75) is 154 Å². The third-order valence-corrected chi connectivity index (χ3v) is 19.1. The molecule has 51 heavy (non-hydrogen) atoms. The lowest BCUT2D eigenvalue weighted by molar-refractivity contribution is 0.0195. The van der Waals surface area contributed by atoms with Crippen LogP contribution in [0.1, 0.15) is 159 Å². The Morgan fingerprint density at radius 1 is 0.588 bits per heavy atom. The fraction of sp³-hybridized carbons (Fsp3) is 0.633. The SMILES string of the molecule is COc1cc(C)cc(-c2c(C(C)C)cc(C(C)C)c(-c3ccccc3)c2C(C)C)c1P(C12CC3CC(CC(C3)C1)C2)C12CC3CC(CC(C3)C1)C2. The summed E-state index contributed by atoms with van der Waals surface area (Å²) in [6.45, 7) is 17.1. The van der Waals surface area contributed by atoms with E-state index in [1.807, 2.05) is 7.11 Å². The van der Waals surface area contributed by atoms with Crippen molar-refractivity contribution < 1.29 is 4.74 Å². The summed E-state index contributed by atoms with van der Waals surface area (Å²) in [4.78, 5) is 0. The zero-order valence-corrected chi connectivity index (χ0v) is 34.1. The van der Waals surface area contributed by atoms with E-state index in [4.69, 9.17) is 4.74 Å². The Morgan fingerprint density at radius 3 is 1.45 bits per heavy atom. The van der Waals surface area contributed by atoms with Crippen LogP contribution >= 0.6 is 7.92 Å². The van der Waals surface area contributed by atoms with Gasteiger partial charge in [-0.2, -0.15) is 0 Å². The number of benzene rings is 3. The van der Waals surface area contributed by atoms with Crippen molar-refractivity contribution in [2.24, 2.45) is 35.5 Å². The van der Waals surface area contributed by atoms with E-state index in [0.717, 1.165) is 35.5 Å². The Hall–Kier alpha value is -2.11. The fourth-order valence-corrected chi connectivity index (χ4v) is 19.8. The van der Waals surface area contributed by atoms with Crippen LogP contribution in [0.2, 0.25) is 0 Å². The second-order valence-electron chi connectivity index (χ2n) is 20.0. The predicted octanol–water partition coefficient (Wildman–Crippen LogP) is 13.8. The Labute approximate surface area is 311 Å². The summed E-state index contributed by atoms with van der Waals surface area (Å²) in [5.74, 6) is 8.29. The lowest BCUT2D eigenvalue weighted by atomic mass is 9.55. The van der Waals surface area contributed by atoms with Gasteiger partial charge in [-0.3, -0.25) is 0 Å². The summed E-state index contributed by atoms with van der Waals surface area (Å²) >= 11 is 0. The maximum atomic E-state index is 6.79. The van der Waals surface area contributed by atoms with E-state index in [0.29, 0.717) is 28.1 Å². The minimum Gasteiger partial charge on any atom is -0.496 e. The van der Waals surface area contributed by atoms with Gasteiger partial charge in [-0.05, 0) is 198 Å². The smallest absolute Gasteiger partial charge is 0.127 e. The van der Waals surface area contributed by atoms with Crippen LogP contribution < -0.4 is 10.0 Å². The van der Waals surface area contributed by atoms with E-state index in [9.17, 15) is 0 Å². The molecule has 0 amide bonds. The molecule has 0 aromatic heterocycles. The molecule has 0 radical (unpaired) electrons. The van der Waals surface area contributed by atoms with Gasteiger partial charge in [0.05, 0.1) is 7.11 Å². The van der Waals surface area contributed by atoms with Gasteiger partial charge in [0.2, 0.25) is 0 Å². The predicted molar refractivity (Wildman–Crippen MR) is 219 cm³/mol. The Kier molecular flexibility index (Phi) is 8.66. The van der Waals surface area contributed by atoms with Crippen molar-refractivity contribution >= 4 is 13.2 Å². The van der Waals surface area contributed by atoms with E-state index >= 15 is 0 Å². The number of ether oxygens (including phenoxy) is 1. The molecule has 0 spiro atoms. The van der Waals surface area contributed by atoms with Crippen LogP contribution in [0.3, 0.4) is 0 Å². The molecule has 0 atom stereocenters. The third kappa shape index (κ3) is 5.63. The molecule has 8 saturated carbocycles. The van der Waals surface area contributed by atoms with Gasteiger partial charge in [-0.1, -0.05) is 91.9 Å². The van der Waals surface area contributed by atoms with E-state index in [1.54, 1.807) is 27.6 Å². The summed E-state index contributed by atoms with van der Waals surface area (Å²) in [5.41, 5.74) is 12.0. The van der Waals surface area contributed by atoms with Crippen molar-refractivity contribution in [1.29, 1.82) is 0 Å². The second-order valence-corrected chi connectivity index (χ2v) is 23.0. The number of aryl methyl sites for hydroxylation is 1. The topological polar surface area (TPSA) is 9.23 Å². The van der Waals surface area contributed by atoms with E-state index < -0.39 is 7.92 Å². The monoisotopic (exact) mass is 700 g/mol. The van der Waals surface area contributed by atoms with Crippen LogP contribution in [0.25, 0.3) is 22.3 Å². The summed E-state index contributed by atoms with van der Waals surface area (Å²) in [7, 11) is 1.55. The van der Waals surface area contributed by atoms with Gasteiger partial charge in [-0.15, -0.1) is 0 Å². The summed E-state index contributed by atoms with van der Waals surface area (Å²) in [6, 6.07) is 19.2. The highest BCUT2D eigenvalue weighted by molar-refractivity contribution is 7.69. The Bertz CT molecular complexity index is 1680. The van der Waals surface area contributed by atoms with Crippen LogP contribution in [0.4, 0.5) is 0 Å². The molecule has 3 aromatic rings. The molecule has 1 nitrogen and oxygen atoms in total. The molecule has 0 unspecified atom stereocenters. The number of rotatable bonds is 9. The zero-order valence-electron chi connectivity index (χ0n) is 33.2. The van der Waals surface area contributed by atoms with Crippen molar-refractivity contribution in [1.82, 2.24) is 0 Å². The third-order valence-electron chi connectivity index (χ3n) is 15.2. The highest BCUT2D eigenvalue weighted by Crippen LogP contribution is 2.79. The molecule has 0 saturated heterocycles. The average molecular weight is 701 g/mol. The van der Waals surface area contributed by atoms with Crippen LogP contribution in [0, 0.1) is 42.4 Å². The first-order valence-electron chi connectivity index (χ1n) is 21.2. The molecule has 0 N–H and O–H groups in total. The van der Waals surface area contributed by atoms with Gasteiger partial charge >= 0.3 is 0 Å². The molecule has 11 rings (SSSR count). The number of hydrogen-bond donors (Lipinski definition) is 0. The van der Waals surface area contributed by atoms with Crippen LogP contribution in [0.15, 0.2) is 48.5 Å². The minimum atomic E-state index is -0.460. The molecule has 8 bridgehead atoms. The van der Waals surface area contributed by atoms with Gasteiger partial charge in [0.15, 0.2) is 0 Å². The molecule has 0 heterocycles. The normalized spacial score (nSPS) is 33.9. The summed E-state index contributed by atoms with van der Waals surface area (Å²) in [5, 5.41) is 2.66. The molecule has 8 fully saturated rings. The van der Waals surface area contributed by atoms with Crippen molar-refractivity contribution in [3.63, 3.8) is 0 Å². The van der Waals surface area contributed by atoms with Gasteiger partial charge in [0.25, 0.3) is 0 Å². The molecule has 2 heteroatoms. The molecule has 3 aromatic carbocycles. The lowest BCUT2D eigenvalue weighted by Crippen LogP contribution is -2.58. The molecule has 272 valence electrons. The Balaban J connectivity index is 1.38. The molecular formula is C49H65OP. The molecule has 0 aliphatic heterocycles. The first kappa shape index (κ1) is 34.6. The Morgan fingerprint density at radius 2 is 1.04 bits per heavy atom.